The number of fused-ring (bicyclic) bond motifs is 1. The Kier molecular flexibility index (Phi) is 6.60. The number of carbonyl (C=O) groups excluding carboxylic acids is 1. The number of anilines is 1. The lowest BCUT2D eigenvalue weighted by molar-refractivity contribution is 0.247. The molecule has 1 aliphatic carbocycles. The molecule has 5 rings (SSSR count). The number of nitrogens with one attached hydrogen (secondary N) is 3. The number of benzene rings is 2. The molecule has 1 aromatic heterocycles. The maximum absolute atomic E-state index is 13.5. The second-order valence-corrected chi connectivity index (χ2v) is 9.10. The number of likely N-dealkylation sites (N-methyl/N-ethyl adjacent to an activating group) is 1. The summed E-state index contributed by atoms with van der Waals surface area (Å²) in [6.45, 7) is 3.32. The van der Waals surface area contributed by atoms with Gasteiger partial charge in [-0.1, -0.05) is 30.3 Å². The van der Waals surface area contributed by atoms with Crippen molar-refractivity contribution in [2.75, 3.05) is 38.5 Å². The average Bonchev–Trinajstić information content (AvgIpc) is 3.55. The fourth-order valence-corrected chi connectivity index (χ4v) is 5.12. The van der Waals surface area contributed by atoms with Crippen molar-refractivity contribution in [2.45, 2.75) is 31.2 Å². The Bertz CT molecular complexity index is 1130. The first-order valence-electron chi connectivity index (χ1n) is 12.0. The van der Waals surface area contributed by atoms with Crippen LogP contribution in [-0.4, -0.2) is 60.0 Å². The van der Waals surface area contributed by atoms with Gasteiger partial charge in [0.2, 0.25) is 0 Å². The molecule has 2 aromatic carbocycles. The van der Waals surface area contributed by atoms with Crippen LogP contribution in [-0.2, 0) is 12.8 Å². The number of urea groups is 1. The maximum Gasteiger partial charge on any atom is 0.320 e. The summed E-state index contributed by atoms with van der Waals surface area (Å²) in [7, 11) is 1.94. The molecule has 178 valence electrons. The van der Waals surface area contributed by atoms with E-state index in [1.807, 2.05) is 54.2 Å². The third-order valence-corrected chi connectivity index (χ3v) is 6.83. The van der Waals surface area contributed by atoms with Gasteiger partial charge in [0.05, 0.1) is 17.4 Å². The summed E-state index contributed by atoms with van der Waals surface area (Å²) in [5, 5.41) is 14.3. The number of hydrogen-bond donors (Lipinski definition) is 3. The third kappa shape index (κ3) is 4.69. The van der Waals surface area contributed by atoms with E-state index >= 15 is 0 Å². The topological polar surface area (TPSA) is 74.2 Å². The molecule has 3 aromatic rings. The number of amides is 2. The van der Waals surface area contributed by atoms with Crippen molar-refractivity contribution >= 4 is 11.8 Å². The molecule has 0 saturated carbocycles. The molecule has 3 N–H and O–H groups in total. The number of aryl methyl sites for hydroxylation is 1. The van der Waals surface area contributed by atoms with Crippen molar-refractivity contribution in [3.63, 3.8) is 0 Å². The molecule has 1 aliphatic heterocycles. The molecule has 0 bridgehead atoms. The summed E-state index contributed by atoms with van der Waals surface area (Å²) in [6, 6.07) is 16.2. The molecular formula is C26H31FN6O. The highest BCUT2D eigenvalue weighted by molar-refractivity contribution is 5.90. The molecule has 0 spiro atoms. The van der Waals surface area contributed by atoms with Gasteiger partial charge in [0, 0.05) is 37.7 Å². The predicted molar refractivity (Wildman–Crippen MR) is 131 cm³/mol. The summed E-state index contributed by atoms with van der Waals surface area (Å²) in [4.78, 5) is 15.6. The highest BCUT2D eigenvalue weighted by Gasteiger charge is 2.35. The molecule has 7 nitrogen and oxygen atoms in total. The lowest BCUT2D eigenvalue weighted by atomic mass is 9.94. The van der Waals surface area contributed by atoms with E-state index in [2.05, 4.69) is 20.9 Å². The molecular weight excluding hydrogens is 431 g/mol. The number of rotatable bonds is 7. The minimum Gasteiger partial charge on any atom is -0.333 e. The van der Waals surface area contributed by atoms with Gasteiger partial charge in [0.1, 0.15) is 11.6 Å². The fraction of sp³-hybridized carbons (Fsp3) is 0.385. The number of nitrogens with zero attached hydrogens (tertiary/aromatic N) is 3. The minimum atomic E-state index is -0.251. The van der Waals surface area contributed by atoms with Gasteiger partial charge in [0.15, 0.2) is 0 Å². The molecule has 2 amide bonds. The molecule has 0 radical (unpaired) electrons. The number of likely N-dealkylation sites (tertiary alicyclic amines) is 1. The lowest BCUT2D eigenvalue weighted by Gasteiger charge is -2.21. The standard InChI is InChI=1S/C26H31FN6O/c1-28-14-15-32-16-22(18-10-12-19(27)13-11-18)24(17-32)29-26(34)30-25-21-8-5-9-23(21)31-33(25)20-6-3-2-4-7-20/h2-4,6-7,10-13,22,24,28H,5,8-9,14-17H2,1H3,(H2,29,30,34). The fourth-order valence-electron chi connectivity index (χ4n) is 5.12. The number of aromatic nitrogens is 2. The van der Waals surface area contributed by atoms with E-state index in [1.54, 1.807) is 0 Å². The zero-order valence-electron chi connectivity index (χ0n) is 19.4. The number of halogens is 1. The molecule has 1 fully saturated rings. The van der Waals surface area contributed by atoms with Crippen LogP contribution in [0, 0.1) is 5.82 Å². The van der Waals surface area contributed by atoms with Crippen LogP contribution < -0.4 is 16.0 Å². The van der Waals surface area contributed by atoms with Crippen molar-refractivity contribution in [1.82, 2.24) is 25.3 Å². The Balaban J connectivity index is 1.35. The van der Waals surface area contributed by atoms with Crippen LogP contribution in [0.4, 0.5) is 15.0 Å². The van der Waals surface area contributed by atoms with Gasteiger partial charge in [-0.3, -0.25) is 10.2 Å². The summed E-state index contributed by atoms with van der Waals surface area (Å²) in [5.41, 5.74) is 4.14. The normalized spacial score (nSPS) is 19.8. The van der Waals surface area contributed by atoms with Crippen molar-refractivity contribution in [2.24, 2.45) is 0 Å². The molecule has 2 heterocycles. The monoisotopic (exact) mass is 462 g/mol. The first-order valence-corrected chi connectivity index (χ1v) is 12.0. The Labute approximate surface area is 199 Å². The van der Waals surface area contributed by atoms with Crippen LogP contribution in [0.15, 0.2) is 54.6 Å². The molecule has 1 saturated heterocycles. The van der Waals surface area contributed by atoms with Crippen LogP contribution >= 0.6 is 0 Å². The van der Waals surface area contributed by atoms with E-state index in [0.29, 0.717) is 0 Å². The highest BCUT2D eigenvalue weighted by Crippen LogP contribution is 2.32. The Morgan fingerprint density at radius 3 is 2.65 bits per heavy atom. The summed E-state index contributed by atoms with van der Waals surface area (Å²) in [5.74, 6) is 0.589. The van der Waals surface area contributed by atoms with E-state index < -0.39 is 0 Å². The Morgan fingerprint density at radius 1 is 1.09 bits per heavy atom. The molecule has 34 heavy (non-hydrogen) atoms. The summed E-state index contributed by atoms with van der Waals surface area (Å²) < 4.78 is 15.4. The molecule has 2 atom stereocenters. The summed E-state index contributed by atoms with van der Waals surface area (Å²) >= 11 is 0. The quantitative estimate of drug-likeness (QED) is 0.504. The number of hydrogen-bond acceptors (Lipinski definition) is 4. The molecule has 2 unspecified atom stereocenters. The Hall–Kier alpha value is -3.23. The minimum absolute atomic E-state index is 0.0801. The predicted octanol–water partition coefficient (Wildman–Crippen LogP) is 3.31. The first kappa shape index (κ1) is 22.6. The van der Waals surface area contributed by atoms with E-state index in [4.69, 9.17) is 5.10 Å². The zero-order valence-corrected chi connectivity index (χ0v) is 19.4. The average molecular weight is 463 g/mol. The third-order valence-electron chi connectivity index (χ3n) is 6.83. The number of para-hydroxylation sites is 1. The van der Waals surface area contributed by atoms with E-state index in [0.717, 1.165) is 73.8 Å². The van der Waals surface area contributed by atoms with Crippen LogP contribution in [0.1, 0.15) is 29.2 Å². The smallest absolute Gasteiger partial charge is 0.320 e. The zero-order chi connectivity index (χ0) is 23.5. The van der Waals surface area contributed by atoms with Crippen LogP contribution in [0.2, 0.25) is 0 Å². The molecule has 2 aliphatic rings. The van der Waals surface area contributed by atoms with Gasteiger partial charge in [-0.15, -0.1) is 0 Å². The summed E-state index contributed by atoms with van der Waals surface area (Å²) in [6.07, 6.45) is 2.90. The van der Waals surface area contributed by atoms with Gasteiger partial charge in [-0.05, 0) is 56.1 Å². The van der Waals surface area contributed by atoms with Crippen molar-refractivity contribution in [3.05, 3.63) is 77.2 Å². The highest BCUT2D eigenvalue weighted by atomic mass is 19.1. The van der Waals surface area contributed by atoms with E-state index in [1.165, 1.54) is 12.1 Å². The van der Waals surface area contributed by atoms with Gasteiger partial charge in [-0.25, -0.2) is 13.9 Å². The molecule has 8 heteroatoms. The van der Waals surface area contributed by atoms with Gasteiger partial charge < -0.3 is 10.6 Å². The SMILES string of the molecule is CNCCN1CC(NC(=O)Nc2c3c(nn2-c2ccccc2)CCC3)C(c2ccc(F)cc2)C1. The maximum atomic E-state index is 13.5. The second-order valence-electron chi connectivity index (χ2n) is 9.10. The largest absolute Gasteiger partial charge is 0.333 e. The Morgan fingerprint density at radius 2 is 1.88 bits per heavy atom. The lowest BCUT2D eigenvalue weighted by Crippen LogP contribution is -2.42. The van der Waals surface area contributed by atoms with Crippen LogP contribution in [0.5, 0.6) is 0 Å². The van der Waals surface area contributed by atoms with Crippen LogP contribution in [0.3, 0.4) is 0 Å². The van der Waals surface area contributed by atoms with Crippen molar-refractivity contribution in [1.29, 1.82) is 0 Å². The van der Waals surface area contributed by atoms with Crippen molar-refractivity contribution in [3.8, 4) is 5.69 Å². The second kappa shape index (κ2) is 9.95. The first-order chi connectivity index (χ1) is 16.6. The number of carbonyl (C=O) groups is 1. The van der Waals surface area contributed by atoms with Crippen LogP contribution in [0.25, 0.3) is 5.69 Å². The van der Waals surface area contributed by atoms with Gasteiger partial charge in [-0.2, -0.15) is 5.10 Å². The van der Waals surface area contributed by atoms with Crippen molar-refractivity contribution < 1.29 is 9.18 Å². The van der Waals surface area contributed by atoms with Gasteiger partial charge in [0.25, 0.3) is 0 Å². The van der Waals surface area contributed by atoms with E-state index in [-0.39, 0.29) is 23.8 Å². The van der Waals surface area contributed by atoms with E-state index in [9.17, 15) is 9.18 Å². The van der Waals surface area contributed by atoms with Gasteiger partial charge >= 0.3 is 6.03 Å².